The van der Waals surface area contributed by atoms with Crippen LogP contribution in [0.5, 0.6) is 0 Å². The first kappa shape index (κ1) is 14.1. The average Bonchev–Trinajstić information content (AvgIpc) is 2.77. The zero-order valence-corrected chi connectivity index (χ0v) is 10.1. The molecule has 0 unspecified atom stereocenters. The molecule has 0 heterocycles. The molecule has 15 heavy (non-hydrogen) atoms. The minimum atomic E-state index is 0. The molecule has 0 atom stereocenters. The van der Waals surface area contributed by atoms with E-state index in [0.717, 1.165) is 11.5 Å². The van der Waals surface area contributed by atoms with Crippen molar-refractivity contribution in [3.63, 3.8) is 0 Å². The Bertz CT molecular complexity index is 291. The third-order valence-corrected chi connectivity index (χ3v) is 1.74. The predicted octanol–water partition coefficient (Wildman–Crippen LogP) is 3.68. The van der Waals surface area contributed by atoms with Gasteiger partial charge in [0.2, 0.25) is 0 Å². The molecule has 0 N–H and O–H groups in total. The molecule has 0 amide bonds. The third-order valence-electron chi connectivity index (χ3n) is 1.74. The maximum absolute atomic E-state index is 3.71. The summed E-state index contributed by atoms with van der Waals surface area (Å²) >= 11 is 0. The van der Waals surface area contributed by atoms with Crippen molar-refractivity contribution in [3.05, 3.63) is 86.0 Å². The summed E-state index contributed by atoms with van der Waals surface area (Å²) in [7, 11) is 0. The molecule has 1 heteroatoms. The zero-order valence-electron chi connectivity index (χ0n) is 8.50. The van der Waals surface area contributed by atoms with Gasteiger partial charge in [0, 0.05) is 20.4 Å². The fourth-order valence-electron chi connectivity index (χ4n) is 0.995. The Balaban J connectivity index is 0.000000280. The Morgan fingerprint density at radius 1 is 0.867 bits per heavy atom. The number of hydrogen-bond donors (Lipinski definition) is 0. The summed E-state index contributed by atoms with van der Waals surface area (Å²) in [4.78, 5) is 0. The van der Waals surface area contributed by atoms with Gasteiger partial charge in [0.15, 0.2) is 0 Å². The zero-order chi connectivity index (χ0) is 10.2. The van der Waals surface area contributed by atoms with E-state index >= 15 is 0 Å². The van der Waals surface area contributed by atoms with Gasteiger partial charge in [-0.05, 0) is 0 Å². The molecule has 2 rings (SSSR count). The molecule has 0 nitrogen and oxygen atoms in total. The fourth-order valence-corrected chi connectivity index (χ4v) is 0.995. The second-order valence-electron chi connectivity index (χ2n) is 2.93. The van der Waals surface area contributed by atoms with Gasteiger partial charge in [0.25, 0.3) is 0 Å². The van der Waals surface area contributed by atoms with Crippen LogP contribution in [0.2, 0.25) is 0 Å². The molecule has 0 aromatic heterocycles. The van der Waals surface area contributed by atoms with E-state index in [9.17, 15) is 0 Å². The van der Waals surface area contributed by atoms with Crippen LogP contribution in [0.1, 0.15) is 5.56 Å². The molecular weight excluding hydrogens is 275 g/mol. The summed E-state index contributed by atoms with van der Waals surface area (Å²) in [5.41, 5.74) is 1.11. The summed E-state index contributed by atoms with van der Waals surface area (Å²) in [6, 6.07) is 19.9. The van der Waals surface area contributed by atoms with Crippen LogP contribution in [0.3, 0.4) is 0 Å². The van der Waals surface area contributed by atoms with Gasteiger partial charge in [0.05, 0.1) is 0 Å². The number of rotatable bonds is 1. The van der Waals surface area contributed by atoms with Gasteiger partial charge >= 0.3 is 0 Å². The van der Waals surface area contributed by atoms with Gasteiger partial charge in [-0.2, -0.15) is 30.3 Å². The van der Waals surface area contributed by atoms with Crippen molar-refractivity contribution < 1.29 is 20.4 Å². The van der Waals surface area contributed by atoms with E-state index in [4.69, 9.17) is 0 Å². The first-order valence-corrected chi connectivity index (χ1v) is 4.53. The molecule has 0 aliphatic heterocycles. The van der Waals surface area contributed by atoms with Crippen molar-refractivity contribution in [2.24, 2.45) is 0 Å². The SMILES string of the molecule is [CH2-][C-]([CH2-])c1ccccc1.[Pd].c1cc[cH-]c1. The summed E-state index contributed by atoms with van der Waals surface area (Å²) in [5, 5.41) is 0. The molecule has 0 spiro atoms. The molecule has 2 aromatic carbocycles. The standard InChI is InChI=1S/C9H9.C5H5.Pd/c1-8(2)9-6-4-3-5-7-9;1-2-4-5-3-1;/h3-7H,1-2H2;1-5H;/q-3;-1;. The normalized spacial score (nSPS) is 8.13. The molecule has 0 radical (unpaired) electrons. The second-order valence-corrected chi connectivity index (χ2v) is 2.93. The van der Waals surface area contributed by atoms with E-state index in [2.05, 4.69) is 13.8 Å². The number of hydrogen-bond acceptors (Lipinski definition) is 0. The van der Waals surface area contributed by atoms with E-state index in [-0.39, 0.29) is 20.4 Å². The Hall–Kier alpha value is -0.898. The van der Waals surface area contributed by atoms with E-state index in [1.807, 2.05) is 60.7 Å². The van der Waals surface area contributed by atoms with Gasteiger partial charge in [-0.1, -0.05) is 6.07 Å². The van der Waals surface area contributed by atoms with Crippen molar-refractivity contribution in [2.75, 3.05) is 0 Å². The van der Waals surface area contributed by atoms with Crippen LogP contribution in [-0.2, 0) is 20.4 Å². The molecule has 2 aromatic rings. The van der Waals surface area contributed by atoms with Gasteiger partial charge in [-0.3, -0.25) is 0 Å². The van der Waals surface area contributed by atoms with Crippen molar-refractivity contribution in [2.45, 2.75) is 0 Å². The molecule has 0 aliphatic rings. The van der Waals surface area contributed by atoms with Crippen molar-refractivity contribution >= 4 is 0 Å². The van der Waals surface area contributed by atoms with Crippen LogP contribution in [0.15, 0.2) is 60.7 Å². The average molecular weight is 289 g/mol. The Morgan fingerprint density at radius 2 is 1.40 bits per heavy atom. The fraction of sp³-hybridized carbons (Fsp3) is 0. The predicted molar refractivity (Wildman–Crippen MR) is 61.5 cm³/mol. The Morgan fingerprint density at radius 3 is 1.67 bits per heavy atom. The maximum Gasteiger partial charge on any atom is 0 e. The van der Waals surface area contributed by atoms with Crippen molar-refractivity contribution in [3.8, 4) is 0 Å². The molecule has 84 valence electrons. The largest absolute Gasteiger partial charge is 0.490 e. The third kappa shape index (κ3) is 6.23. The van der Waals surface area contributed by atoms with Gasteiger partial charge in [-0.25, -0.2) is 17.7 Å². The second kappa shape index (κ2) is 8.41. The summed E-state index contributed by atoms with van der Waals surface area (Å²) in [5.74, 6) is 0.871. The quantitative estimate of drug-likeness (QED) is 0.555. The molecular formula is C14H14Pd-4. The van der Waals surface area contributed by atoms with Crippen LogP contribution in [0, 0.1) is 19.8 Å². The van der Waals surface area contributed by atoms with Gasteiger partial charge in [-0.15, -0.1) is 12.1 Å². The van der Waals surface area contributed by atoms with Crippen LogP contribution in [0.25, 0.3) is 0 Å². The smallest absolute Gasteiger partial charge is 0 e. The molecule has 0 aliphatic carbocycles. The van der Waals surface area contributed by atoms with Crippen LogP contribution in [-0.4, -0.2) is 0 Å². The van der Waals surface area contributed by atoms with E-state index in [0.29, 0.717) is 0 Å². The van der Waals surface area contributed by atoms with Gasteiger partial charge in [0.1, 0.15) is 0 Å². The van der Waals surface area contributed by atoms with Crippen LogP contribution >= 0.6 is 0 Å². The van der Waals surface area contributed by atoms with E-state index in [1.54, 1.807) is 0 Å². The Kier molecular flexibility index (Phi) is 7.91. The molecule has 0 fully saturated rings. The molecule has 0 saturated carbocycles. The summed E-state index contributed by atoms with van der Waals surface area (Å²) < 4.78 is 0. The minimum Gasteiger partial charge on any atom is -0.490 e. The summed E-state index contributed by atoms with van der Waals surface area (Å²) in [6.07, 6.45) is 0. The van der Waals surface area contributed by atoms with E-state index in [1.165, 1.54) is 0 Å². The maximum atomic E-state index is 3.71. The van der Waals surface area contributed by atoms with Gasteiger partial charge < -0.3 is 19.8 Å². The first-order valence-electron chi connectivity index (χ1n) is 4.53. The monoisotopic (exact) mass is 288 g/mol. The molecule has 0 saturated heterocycles. The molecule has 0 bridgehead atoms. The number of benzene rings is 1. The summed E-state index contributed by atoms with van der Waals surface area (Å²) in [6.45, 7) is 7.43. The van der Waals surface area contributed by atoms with Crippen molar-refractivity contribution in [1.29, 1.82) is 0 Å². The minimum absolute atomic E-state index is 0. The first-order chi connectivity index (χ1) is 6.80. The van der Waals surface area contributed by atoms with Crippen molar-refractivity contribution in [1.82, 2.24) is 0 Å². The van der Waals surface area contributed by atoms with Crippen LogP contribution in [0.4, 0.5) is 0 Å². The van der Waals surface area contributed by atoms with E-state index < -0.39 is 0 Å². The van der Waals surface area contributed by atoms with Crippen LogP contribution < -0.4 is 0 Å². The topological polar surface area (TPSA) is 0 Å². The Labute approximate surface area is 106 Å².